The molecule has 0 saturated heterocycles. The number of nitrogens with one attached hydrogen (secondary N) is 1. The Bertz CT molecular complexity index is 678. The number of nitrogens with zero attached hydrogens (tertiary/aromatic N) is 2. The van der Waals surface area contributed by atoms with Gasteiger partial charge in [-0.15, -0.1) is 0 Å². The van der Waals surface area contributed by atoms with Crippen molar-refractivity contribution in [2.24, 2.45) is 0 Å². The highest BCUT2D eigenvalue weighted by molar-refractivity contribution is 7.89. The summed E-state index contributed by atoms with van der Waals surface area (Å²) in [5.41, 5.74) is 0.883. The van der Waals surface area contributed by atoms with Crippen LogP contribution in [0.2, 0.25) is 0 Å². The first kappa shape index (κ1) is 20.7. The lowest BCUT2D eigenvalue weighted by Crippen LogP contribution is -2.44. The van der Waals surface area contributed by atoms with Crippen LogP contribution in [0.3, 0.4) is 0 Å². The minimum absolute atomic E-state index is 0.0725. The highest BCUT2D eigenvalue weighted by Gasteiger charge is 2.22. The quantitative estimate of drug-likeness (QED) is 0.788. The topological polar surface area (TPSA) is 69.7 Å². The number of urea groups is 1. The highest BCUT2D eigenvalue weighted by Crippen LogP contribution is 2.21. The molecule has 0 spiro atoms. The number of sulfonamides is 1. The highest BCUT2D eigenvalue weighted by atomic mass is 32.2. The molecule has 2 amide bonds. The Morgan fingerprint density at radius 1 is 1.08 bits per heavy atom. The number of benzene rings is 1. The maximum Gasteiger partial charge on any atom is 0.317 e. The monoisotopic (exact) mass is 381 g/mol. The molecule has 26 heavy (non-hydrogen) atoms. The van der Waals surface area contributed by atoms with Crippen LogP contribution in [0.25, 0.3) is 0 Å². The summed E-state index contributed by atoms with van der Waals surface area (Å²) in [6.07, 6.45) is 5.77. The molecule has 6 nitrogen and oxygen atoms in total. The van der Waals surface area contributed by atoms with Gasteiger partial charge in [-0.2, -0.15) is 4.31 Å². The molecular weight excluding hydrogens is 350 g/mol. The van der Waals surface area contributed by atoms with Gasteiger partial charge in [-0.25, -0.2) is 13.2 Å². The van der Waals surface area contributed by atoms with E-state index < -0.39 is 10.0 Å². The first-order valence-electron chi connectivity index (χ1n) is 9.49. The van der Waals surface area contributed by atoms with Crippen LogP contribution in [-0.4, -0.2) is 49.8 Å². The van der Waals surface area contributed by atoms with E-state index in [1.807, 2.05) is 20.9 Å². The van der Waals surface area contributed by atoms with Crippen LogP contribution < -0.4 is 5.32 Å². The second-order valence-electron chi connectivity index (χ2n) is 6.79. The van der Waals surface area contributed by atoms with Crippen LogP contribution in [0.1, 0.15) is 51.5 Å². The van der Waals surface area contributed by atoms with Gasteiger partial charge >= 0.3 is 6.03 Å². The number of rotatable bonds is 7. The maximum atomic E-state index is 12.5. The third-order valence-electron chi connectivity index (χ3n) is 5.15. The molecule has 0 radical (unpaired) electrons. The van der Waals surface area contributed by atoms with Gasteiger partial charge in [-0.3, -0.25) is 0 Å². The molecule has 1 aromatic carbocycles. The summed E-state index contributed by atoms with van der Waals surface area (Å²) in [7, 11) is -1.59. The van der Waals surface area contributed by atoms with Crippen LogP contribution in [-0.2, 0) is 16.6 Å². The zero-order chi connectivity index (χ0) is 19.2. The third kappa shape index (κ3) is 4.98. The van der Waals surface area contributed by atoms with E-state index in [0.717, 1.165) is 18.4 Å². The summed E-state index contributed by atoms with van der Waals surface area (Å²) in [4.78, 5) is 14.4. The fraction of sp³-hybridized carbons (Fsp3) is 0.632. The molecule has 2 rings (SSSR count). The molecule has 1 aliphatic carbocycles. The molecule has 0 aliphatic heterocycles. The van der Waals surface area contributed by atoms with Crippen LogP contribution >= 0.6 is 0 Å². The zero-order valence-electron chi connectivity index (χ0n) is 16.1. The molecule has 1 fully saturated rings. The number of hydrogen-bond acceptors (Lipinski definition) is 3. The van der Waals surface area contributed by atoms with Gasteiger partial charge in [-0.1, -0.05) is 45.2 Å². The van der Waals surface area contributed by atoms with Gasteiger partial charge in [0.15, 0.2) is 0 Å². The molecule has 0 unspecified atom stereocenters. The molecule has 0 bridgehead atoms. The number of hydrogen-bond donors (Lipinski definition) is 1. The Hall–Kier alpha value is -1.60. The van der Waals surface area contributed by atoms with Crippen LogP contribution in [0.4, 0.5) is 4.79 Å². The fourth-order valence-corrected chi connectivity index (χ4v) is 4.89. The number of carbonyl (C=O) groups is 1. The molecule has 0 aromatic heterocycles. The van der Waals surface area contributed by atoms with Gasteiger partial charge in [0.25, 0.3) is 0 Å². The summed E-state index contributed by atoms with van der Waals surface area (Å²) in [6, 6.07) is 7.00. The van der Waals surface area contributed by atoms with E-state index in [2.05, 4.69) is 5.32 Å². The summed E-state index contributed by atoms with van der Waals surface area (Å²) in [5.74, 6) is 0. The summed E-state index contributed by atoms with van der Waals surface area (Å²) in [5, 5.41) is 2.93. The van der Waals surface area contributed by atoms with E-state index in [-0.39, 0.29) is 10.9 Å². The van der Waals surface area contributed by atoms with Crippen molar-refractivity contribution in [2.45, 2.75) is 63.4 Å². The van der Waals surface area contributed by atoms with E-state index in [4.69, 9.17) is 0 Å². The molecule has 7 heteroatoms. The SMILES string of the molecule is CCN(CC)S(=O)(=O)c1ccc(CNC(=O)N(C)C2CCCCC2)cc1. The van der Waals surface area contributed by atoms with Crippen molar-refractivity contribution >= 4 is 16.1 Å². The molecule has 0 heterocycles. The lowest BCUT2D eigenvalue weighted by atomic mass is 9.95. The molecule has 1 N–H and O–H groups in total. The van der Waals surface area contributed by atoms with Gasteiger partial charge in [0, 0.05) is 32.7 Å². The molecular formula is C19H31N3O3S. The van der Waals surface area contributed by atoms with E-state index in [1.54, 1.807) is 29.2 Å². The lowest BCUT2D eigenvalue weighted by molar-refractivity contribution is 0.173. The Morgan fingerprint density at radius 3 is 2.19 bits per heavy atom. The third-order valence-corrected chi connectivity index (χ3v) is 7.22. The average Bonchev–Trinajstić information content (AvgIpc) is 2.67. The molecule has 0 atom stereocenters. The smallest absolute Gasteiger partial charge is 0.317 e. The Kier molecular flexibility index (Phi) is 7.46. The minimum atomic E-state index is -3.44. The standard InChI is InChI=1S/C19H31N3O3S/c1-4-22(5-2)26(24,25)18-13-11-16(12-14-18)15-20-19(23)21(3)17-9-7-6-8-10-17/h11-14,17H,4-10,15H2,1-3H3,(H,20,23). The van der Waals surface area contributed by atoms with Crippen molar-refractivity contribution in [2.75, 3.05) is 20.1 Å². The van der Waals surface area contributed by atoms with Gasteiger partial charge in [-0.05, 0) is 30.5 Å². The second-order valence-corrected chi connectivity index (χ2v) is 8.73. The van der Waals surface area contributed by atoms with Crippen molar-refractivity contribution in [3.63, 3.8) is 0 Å². The van der Waals surface area contributed by atoms with Crippen LogP contribution in [0.15, 0.2) is 29.2 Å². The van der Waals surface area contributed by atoms with Gasteiger partial charge < -0.3 is 10.2 Å². The second kappa shape index (κ2) is 9.37. The molecule has 1 saturated carbocycles. The zero-order valence-corrected chi connectivity index (χ0v) is 16.9. The van der Waals surface area contributed by atoms with Crippen molar-refractivity contribution < 1.29 is 13.2 Å². The normalized spacial score (nSPS) is 15.8. The molecule has 1 aromatic rings. The van der Waals surface area contributed by atoms with Crippen molar-refractivity contribution in [3.8, 4) is 0 Å². The average molecular weight is 382 g/mol. The van der Waals surface area contributed by atoms with Gasteiger partial charge in [0.05, 0.1) is 4.90 Å². The van der Waals surface area contributed by atoms with Crippen LogP contribution in [0.5, 0.6) is 0 Å². The van der Waals surface area contributed by atoms with E-state index >= 15 is 0 Å². The Balaban J connectivity index is 1.93. The Labute approximate surface area is 157 Å². The summed E-state index contributed by atoms with van der Waals surface area (Å²) < 4.78 is 26.4. The fourth-order valence-electron chi connectivity index (χ4n) is 3.43. The van der Waals surface area contributed by atoms with Crippen LogP contribution in [0, 0.1) is 0 Å². The van der Waals surface area contributed by atoms with E-state index in [0.29, 0.717) is 25.7 Å². The van der Waals surface area contributed by atoms with Crippen molar-refractivity contribution in [3.05, 3.63) is 29.8 Å². The van der Waals surface area contributed by atoms with Gasteiger partial charge in [0.2, 0.25) is 10.0 Å². The maximum absolute atomic E-state index is 12.5. The summed E-state index contributed by atoms with van der Waals surface area (Å²) >= 11 is 0. The van der Waals surface area contributed by atoms with Crippen molar-refractivity contribution in [1.29, 1.82) is 0 Å². The first-order chi connectivity index (χ1) is 12.4. The lowest BCUT2D eigenvalue weighted by Gasteiger charge is -2.31. The van der Waals surface area contributed by atoms with Crippen molar-refractivity contribution in [1.82, 2.24) is 14.5 Å². The minimum Gasteiger partial charge on any atom is -0.334 e. The largest absolute Gasteiger partial charge is 0.334 e. The number of carbonyl (C=O) groups excluding carboxylic acids is 1. The summed E-state index contributed by atoms with van der Waals surface area (Å²) in [6.45, 7) is 4.94. The molecule has 146 valence electrons. The molecule has 1 aliphatic rings. The van der Waals surface area contributed by atoms with Gasteiger partial charge in [0.1, 0.15) is 0 Å². The number of amides is 2. The first-order valence-corrected chi connectivity index (χ1v) is 10.9. The predicted octanol–water partition coefficient (Wildman–Crippen LogP) is 3.19. The van der Waals surface area contributed by atoms with E-state index in [9.17, 15) is 13.2 Å². The van der Waals surface area contributed by atoms with E-state index in [1.165, 1.54) is 23.6 Å². The predicted molar refractivity (Wildman–Crippen MR) is 103 cm³/mol. The Morgan fingerprint density at radius 2 is 1.65 bits per heavy atom.